The van der Waals surface area contributed by atoms with Crippen LogP contribution in [0.4, 0.5) is 4.79 Å². The van der Waals surface area contributed by atoms with E-state index in [0.29, 0.717) is 0 Å². The van der Waals surface area contributed by atoms with Crippen LogP contribution in [0.25, 0.3) is 0 Å². The summed E-state index contributed by atoms with van der Waals surface area (Å²) in [7, 11) is 0. The molecule has 0 radical (unpaired) electrons. The van der Waals surface area contributed by atoms with E-state index >= 15 is 0 Å². The molecule has 1 aliphatic rings. The van der Waals surface area contributed by atoms with Gasteiger partial charge in [0.15, 0.2) is 0 Å². The maximum absolute atomic E-state index is 9.99. The Morgan fingerprint density at radius 1 is 1.67 bits per heavy atom. The van der Waals surface area contributed by atoms with E-state index in [1.54, 1.807) is 0 Å². The molecule has 1 rings (SSSR count). The zero-order valence-electron chi connectivity index (χ0n) is 5.39. The fourth-order valence-electron chi connectivity index (χ4n) is 0.988. The lowest BCUT2D eigenvalue weighted by atomic mass is 9.82. The summed E-state index contributed by atoms with van der Waals surface area (Å²) in [5.41, 5.74) is -0.355. The summed E-state index contributed by atoms with van der Waals surface area (Å²) >= 11 is 0. The van der Waals surface area contributed by atoms with Crippen molar-refractivity contribution in [1.29, 1.82) is 0 Å². The van der Waals surface area contributed by atoms with Crippen molar-refractivity contribution in [2.75, 3.05) is 0 Å². The first-order valence-electron chi connectivity index (χ1n) is 3.04. The molecule has 3 heteroatoms. The molecular formula is C6H10O3. The second-order valence-electron chi connectivity index (χ2n) is 2.67. The molecule has 1 aliphatic carbocycles. The highest BCUT2D eigenvalue weighted by Gasteiger charge is 2.35. The highest BCUT2D eigenvalue weighted by Crippen LogP contribution is 2.34. The Labute approximate surface area is 53.6 Å². The highest BCUT2D eigenvalue weighted by molar-refractivity contribution is 5.57. The minimum Gasteiger partial charge on any atom is -0.450 e. The molecule has 9 heavy (non-hydrogen) atoms. The topological polar surface area (TPSA) is 46.5 Å². The van der Waals surface area contributed by atoms with Gasteiger partial charge in [-0.15, -0.1) is 0 Å². The molecule has 52 valence electrons. The van der Waals surface area contributed by atoms with Gasteiger partial charge in [-0.3, -0.25) is 0 Å². The van der Waals surface area contributed by atoms with Crippen LogP contribution in [-0.2, 0) is 4.74 Å². The van der Waals surface area contributed by atoms with Crippen LogP contribution in [0.2, 0.25) is 0 Å². The van der Waals surface area contributed by atoms with E-state index in [1.807, 2.05) is 6.92 Å². The van der Waals surface area contributed by atoms with Crippen molar-refractivity contribution in [3.63, 3.8) is 0 Å². The second kappa shape index (κ2) is 1.90. The number of ether oxygens (including phenoxy) is 1. The van der Waals surface area contributed by atoms with E-state index < -0.39 is 6.16 Å². The Kier molecular flexibility index (Phi) is 1.35. The van der Waals surface area contributed by atoms with Crippen LogP contribution in [0.1, 0.15) is 26.2 Å². The van der Waals surface area contributed by atoms with Gasteiger partial charge in [-0.25, -0.2) is 4.79 Å². The van der Waals surface area contributed by atoms with Gasteiger partial charge in [0.25, 0.3) is 0 Å². The molecular weight excluding hydrogens is 120 g/mol. The molecule has 0 amide bonds. The third-order valence-corrected chi connectivity index (χ3v) is 1.74. The monoisotopic (exact) mass is 130 g/mol. The third-order valence-electron chi connectivity index (χ3n) is 1.74. The molecule has 0 aromatic carbocycles. The molecule has 0 saturated heterocycles. The number of hydrogen-bond donors (Lipinski definition) is 1. The summed E-state index contributed by atoms with van der Waals surface area (Å²) in [6.45, 7) is 1.82. The van der Waals surface area contributed by atoms with Crippen LogP contribution in [0.15, 0.2) is 0 Å². The molecule has 3 nitrogen and oxygen atoms in total. The van der Waals surface area contributed by atoms with Crippen LogP contribution in [-0.4, -0.2) is 16.9 Å². The first kappa shape index (κ1) is 6.39. The van der Waals surface area contributed by atoms with Gasteiger partial charge < -0.3 is 9.84 Å². The van der Waals surface area contributed by atoms with E-state index in [1.165, 1.54) is 0 Å². The minimum absolute atomic E-state index is 0.355. The van der Waals surface area contributed by atoms with Gasteiger partial charge in [-0.05, 0) is 26.2 Å². The lowest BCUT2D eigenvalue weighted by Crippen LogP contribution is -2.38. The Hall–Kier alpha value is -0.730. The minimum atomic E-state index is -1.16. The van der Waals surface area contributed by atoms with E-state index in [0.717, 1.165) is 19.3 Å². The molecule has 0 aliphatic heterocycles. The molecule has 1 N–H and O–H groups in total. The standard InChI is InChI=1S/C6H10O3/c1-6(3-2-4-6)9-5(7)8/h2-4H2,1H3,(H,7,8). The SMILES string of the molecule is CC1(OC(=O)O)CCC1. The van der Waals surface area contributed by atoms with Crippen molar-refractivity contribution in [3.05, 3.63) is 0 Å². The molecule has 0 spiro atoms. The quantitative estimate of drug-likeness (QED) is 0.548. The van der Waals surface area contributed by atoms with Gasteiger partial charge in [0.2, 0.25) is 0 Å². The Balaban J connectivity index is 2.33. The zero-order valence-corrected chi connectivity index (χ0v) is 5.39. The number of hydrogen-bond acceptors (Lipinski definition) is 2. The summed E-state index contributed by atoms with van der Waals surface area (Å²) in [5, 5.41) is 8.19. The van der Waals surface area contributed by atoms with Crippen LogP contribution >= 0.6 is 0 Å². The molecule has 0 aromatic heterocycles. The smallest absolute Gasteiger partial charge is 0.450 e. The van der Waals surface area contributed by atoms with Crippen LogP contribution in [0.3, 0.4) is 0 Å². The van der Waals surface area contributed by atoms with Gasteiger partial charge >= 0.3 is 6.16 Å². The van der Waals surface area contributed by atoms with E-state index in [-0.39, 0.29) is 5.60 Å². The van der Waals surface area contributed by atoms with Crippen LogP contribution in [0, 0.1) is 0 Å². The Morgan fingerprint density at radius 3 is 2.33 bits per heavy atom. The summed E-state index contributed by atoms with van der Waals surface area (Å²) in [5.74, 6) is 0. The van der Waals surface area contributed by atoms with Gasteiger partial charge in [0.1, 0.15) is 5.60 Å². The second-order valence-corrected chi connectivity index (χ2v) is 2.67. The molecule has 0 bridgehead atoms. The largest absolute Gasteiger partial charge is 0.506 e. The third kappa shape index (κ3) is 1.34. The summed E-state index contributed by atoms with van der Waals surface area (Å²) in [6, 6.07) is 0. The first-order chi connectivity index (χ1) is 4.12. The maximum atomic E-state index is 9.99. The van der Waals surface area contributed by atoms with Crippen LogP contribution < -0.4 is 0 Å². The molecule has 1 saturated carbocycles. The number of rotatable bonds is 1. The highest BCUT2D eigenvalue weighted by atomic mass is 16.7. The van der Waals surface area contributed by atoms with Gasteiger partial charge in [-0.1, -0.05) is 0 Å². The molecule has 0 heterocycles. The fraction of sp³-hybridized carbons (Fsp3) is 0.833. The summed E-state index contributed by atoms with van der Waals surface area (Å²) in [4.78, 5) is 9.99. The molecule has 0 unspecified atom stereocenters. The maximum Gasteiger partial charge on any atom is 0.506 e. The van der Waals surface area contributed by atoms with Crippen LogP contribution in [0.5, 0.6) is 0 Å². The van der Waals surface area contributed by atoms with Crippen molar-refractivity contribution in [3.8, 4) is 0 Å². The summed E-state index contributed by atoms with van der Waals surface area (Å²) in [6.07, 6.45) is 1.68. The predicted molar refractivity (Wildman–Crippen MR) is 31.4 cm³/mol. The number of carbonyl (C=O) groups is 1. The van der Waals surface area contributed by atoms with E-state index in [9.17, 15) is 4.79 Å². The lowest BCUT2D eigenvalue weighted by molar-refractivity contribution is -0.0550. The van der Waals surface area contributed by atoms with Crippen molar-refractivity contribution in [1.82, 2.24) is 0 Å². The van der Waals surface area contributed by atoms with E-state index in [4.69, 9.17) is 5.11 Å². The lowest BCUT2D eigenvalue weighted by Gasteiger charge is -2.36. The molecule has 0 atom stereocenters. The average Bonchev–Trinajstić information content (AvgIpc) is 1.60. The van der Waals surface area contributed by atoms with Crippen molar-refractivity contribution in [2.24, 2.45) is 0 Å². The van der Waals surface area contributed by atoms with Gasteiger partial charge in [0, 0.05) is 0 Å². The normalized spacial score (nSPS) is 22.3. The zero-order chi connectivity index (χ0) is 6.91. The predicted octanol–water partition coefficient (Wildman–Crippen LogP) is 1.62. The van der Waals surface area contributed by atoms with Gasteiger partial charge in [-0.2, -0.15) is 0 Å². The van der Waals surface area contributed by atoms with Crippen molar-refractivity contribution >= 4 is 6.16 Å². The summed E-state index contributed by atoms with van der Waals surface area (Å²) < 4.78 is 4.59. The average molecular weight is 130 g/mol. The fourth-order valence-corrected chi connectivity index (χ4v) is 0.988. The molecule has 0 aromatic rings. The Morgan fingerprint density at radius 2 is 2.22 bits per heavy atom. The van der Waals surface area contributed by atoms with E-state index in [2.05, 4.69) is 4.74 Å². The molecule has 1 fully saturated rings. The van der Waals surface area contributed by atoms with Crippen molar-refractivity contribution in [2.45, 2.75) is 31.8 Å². The Bertz CT molecular complexity index is 126. The van der Waals surface area contributed by atoms with Gasteiger partial charge in [0.05, 0.1) is 0 Å². The number of carboxylic acid groups (broad SMARTS) is 1. The first-order valence-corrected chi connectivity index (χ1v) is 3.04. The van der Waals surface area contributed by atoms with Crippen molar-refractivity contribution < 1.29 is 14.6 Å².